The van der Waals surface area contributed by atoms with E-state index in [1.54, 1.807) is 0 Å². The van der Waals surface area contributed by atoms with Gasteiger partial charge in [0.25, 0.3) is 0 Å². The van der Waals surface area contributed by atoms with Crippen molar-refractivity contribution in [2.45, 2.75) is 12.8 Å². The maximum Gasteiger partial charge on any atom is 0.178 e. The zero-order chi connectivity index (χ0) is 32.5. The SMILES string of the molecule is C1=Cc2ccc3ccc(-c4c5ccccc5c(-c5ccc6oc7c(ccc8c9ccccc9oc87)c6c5)c5ccccc45)c4c3c2C(=CC4)C1. The maximum atomic E-state index is 6.54. The summed E-state index contributed by atoms with van der Waals surface area (Å²) < 4.78 is 12.9. The van der Waals surface area contributed by atoms with Gasteiger partial charge in [0.1, 0.15) is 11.2 Å². The molecule has 0 aliphatic heterocycles. The van der Waals surface area contributed by atoms with E-state index in [-0.39, 0.29) is 0 Å². The van der Waals surface area contributed by atoms with E-state index in [0.717, 1.165) is 56.7 Å². The number of hydrogen-bond acceptors (Lipinski definition) is 2. The third-order valence-corrected chi connectivity index (χ3v) is 11.3. The molecule has 2 nitrogen and oxygen atoms in total. The number of rotatable bonds is 2. The fraction of sp³-hybridized carbons (Fsp3) is 0.0417. The fourth-order valence-corrected chi connectivity index (χ4v) is 9.17. The van der Waals surface area contributed by atoms with E-state index in [0.29, 0.717) is 0 Å². The highest BCUT2D eigenvalue weighted by atomic mass is 16.4. The van der Waals surface area contributed by atoms with Gasteiger partial charge in [-0.05, 0) is 120 Å². The fourth-order valence-electron chi connectivity index (χ4n) is 9.17. The minimum atomic E-state index is 0.802. The smallest absolute Gasteiger partial charge is 0.178 e. The minimum absolute atomic E-state index is 0.802. The highest BCUT2D eigenvalue weighted by Gasteiger charge is 2.25. The maximum absolute atomic E-state index is 6.54. The first kappa shape index (κ1) is 26.6. The summed E-state index contributed by atoms with van der Waals surface area (Å²) in [5.41, 5.74) is 14.1. The van der Waals surface area contributed by atoms with Crippen LogP contribution in [0, 0.1) is 0 Å². The minimum Gasteiger partial charge on any atom is -0.452 e. The van der Waals surface area contributed by atoms with Crippen LogP contribution >= 0.6 is 0 Å². The first-order valence-electron chi connectivity index (χ1n) is 17.5. The summed E-state index contributed by atoms with van der Waals surface area (Å²) in [6, 6.07) is 46.5. The van der Waals surface area contributed by atoms with Gasteiger partial charge in [-0.3, -0.25) is 0 Å². The highest BCUT2D eigenvalue weighted by Crippen LogP contribution is 2.49. The molecule has 0 fully saturated rings. The molecule has 0 bridgehead atoms. The molecule has 232 valence electrons. The van der Waals surface area contributed by atoms with Crippen molar-refractivity contribution >= 4 is 87.8 Å². The van der Waals surface area contributed by atoms with Crippen LogP contribution in [0.4, 0.5) is 0 Å². The topological polar surface area (TPSA) is 26.3 Å². The van der Waals surface area contributed by atoms with Crippen molar-refractivity contribution in [2.75, 3.05) is 0 Å². The lowest BCUT2D eigenvalue weighted by atomic mass is 9.77. The van der Waals surface area contributed by atoms with Crippen molar-refractivity contribution in [1.29, 1.82) is 0 Å². The van der Waals surface area contributed by atoms with Gasteiger partial charge in [0, 0.05) is 21.5 Å². The molecule has 0 saturated carbocycles. The molecule has 0 radical (unpaired) electrons. The Kier molecular flexibility index (Phi) is 5.11. The van der Waals surface area contributed by atoms with Crippen molar-refractivity contribution in [3.8, 4) is 22.3 Å². The van der Waals surface area contributed by atoms with Crippen LogP contribution in [-0.4, -0.2) is 0 Å². The highest BCUT2D eigenvalue weighted by molar-refractivity contribution is 6.24. The standard InChI is InChI=1S/C48H28O2/c1-3-13-34-32(11-1)44(30-20-25-42-40(26-30)39-24-23-38-31-10-5-6-15-41(31)49-47(38)48(39)50-42)33-12-2-4-14-35(33)46(34)37-22-19-29-17-16-27-8-7-9-28-18-21-36(37)45(29)43(27)28/h1-8,10-20,22-26H,9,21H2. The van der Waals surface area contributed by atoms with E-state index in [1.165, 1.54) is 76.8 Å². The van der Waals surface area contributed by atoms with E-state index < -0.39 is 0 Å². The van der Waals surface area contributed by atoms with Crippen LogP contribution in [0.5, 0.6) is 0 Å². The van der Waals surface area contributed by atoms with Crippen LogP contribution in [0.15, 0.2) is 148 Å². The Hall–Kier alpha value is -6.38. The molecule has 2 heteroatoms. The third kappa shape index (κ3) is 3.42. The van der Waals surface area contributed by atoms with Crippen LogP contribution in [0.1, 0.15) is 23.1 Å². The van der Waals surface area contributed by atoms with Crippen LogP contribution < -0.4 is 0 Å². The van der Waals surface area contributed by atoms with E-state index in [4.69, 9.17) is 8.83 Å². The number of furan rings is 2. The molecule has 2 aromatic heterocycles. The molecule has 2 heterocycles. The molecule has 0 amide bonds. The van der Waals surface area contributed by atoms with Gasteiger partial charge in [-0.15, -0.1) is 0 Å². The zero-order valence-electron chi connectivity index (χ0n) is 27.1. The Morgan fingerprint density at radius 1 is 0.460 bits per heavy atom. The summed E-state index contributed by atoms with van der Waals surface area (Å²) in [5, 5.41) is 12.2. The summed E-state index contributed by atoms with van der Waals surface area (Å²) in [6.07, 6.45) is 9.02. The Morgan fingerprint density at radius 3 is 1.86 bits per heavy atom. The second-order valence-corrected chi connectivity index (χ2v) is 13.8. The van der Waals surface area contributed by atoms with Crippen LogP contribution in [0.25, 0.3) is 110 Å². The first-order chi connectivity index (χ1) is 24.8. The lowest BCUT2D eigenvalue weighted by Crippen LogP contribution is -2.05. The van der Waals surface area contributed by atoms with Crippen molar-refractivity contribution in [1.82, 2.24) is 0 Å². The summed E-state index contributed by atoms with van der Waals surface area (Å²) in [7, 11) is 0. The molecule has 10 aromatic rings. The van der Waals surface area contributed by atoms with E-state index >= 15 is 0 Å². The molecule has 12 rings (SSSR count). The van der Waals surface area contributed by atoms with Gasteiger partial charge in [-0.1, -0.05) is 115 Å². The van der Waals surface area contributed by atoms with Gasteiger partial charge in [0.2, 0.25) is 0 Å². The summed E-state index contributed by atoms with van der Waals surface area (Å²) in [4.78, 5) is 0. The molecule has 0 unspecified atom stereocenters. The average molecular weight is 637 g/mol. The third-order valence-electron chi connectivity index (χ3n) is 11.3. The molecule has 0 N–H and O–H groups in total. The monoisotopic (exact) mass is 636 g/mol. The lowest BCUT2D eigenvalue weighted by molar-refractivity contribution is 0.633. The first-order valence-corrected chi connectivity index (χ1v) is 17.5. The zero-order valence-corrected chi connectivity index (χ0v) is 27.1. The number of hydrogen-bond donors (Lipinski definition) is 0. The predicted molar refractivity (Wildman–Crippen MR) is 210 cm³/mol. The van der Waals surface area contributed by atoms with Gasteiger partial charge < -0.3 is 8.83 Å². The van der Waals surface area contributed by atoms with Crippen molar-refractivity contribution in [3.05, 3.63) is 156 Å². The largest absolute Gasteiger partial charge is 0.452 e. The van der Waals surface area contributed by atoms with Crippen molar-refractivity contribution in [3.63, 3.8) is 0 Å². The number of benzene rings is 8. The quantitative estimate of drug-likeness (QED) is 0.177. The molecule has 8 aromatic carbocycles. The molecular formula is C48H28O2. The van der Waals surface area contributed by atoms with E-state index in [2.05, 4.69) is 133 Å². The van der Waals surface area contributed by atoms with Gasteiger partial charge >= 0.3 is 0 Å². The molecule has 2 aliphatic rings. The van der Waals surface area contributed by atoms with Crippen LogP contribution in [0.2, 0.25) is 0 Å². The van der Waals surface area contributed by atoms with Crippen LogP contribution in [-0.2, 0) is 6.42 Å². The van der Waals surface area contributed by atoms with Crippen LogP contribution in [0.3, 0.4) is 0 Å². The van der Waals surface area contributed by atoms with Gasteiger partial charge in [0.15, 0.2) is 11.2 Å². The molecule has 2 aliphatic carbocycles. The molecule has 50 heavy (non-hydrogen) atoms. The van der Waals surface area contributed by atoms with Gasteiger partial charge in [-0.2, -0.15) is 0 Å². The second kappa shape index (κ2) is 9.62. The molecular weight excluding hydrogens is 609 g/mol. The number of allylic oxidation sites excluding steroid dienone is 3. The summed E-state index contributed by atoms with van der Waals surface area (Å²) in [5.74, 6) is 0. The summed E-state index contributed by atoms with van der Waals surface area (Å²) in [6.45, 7) is 0. The van der Waals surface area contributed by atoms with E-state index in [1.807, 2.05) is 12.1 Å². The molecule has 0 atom stereocenters. The molecule has 0 spiro atoms. The van der Waals surface area contributed by atoms with Crippen molar-refractivity contribution in [2.24, 2.45) is 0 Å². The number of para-hydroxylation sites is 1. The van der Waals surface area contributed by atoms with E-state index in [9.17, 15) is 0 Å². The molecule has 0 saturated heterocycles. The summed E-state index contributed by atoms with van der Waals surface area (Å²) >= 11 is 0. The average Bonchev–Trinajstić information content (AvgIpc) is 3.74. The number of fused-ring (bicyclic) bond motifs is 9. The van der Waals surface area contributed by atoms with Gasteiger partial charge in [0.05, 0.1) is 0 Å². The lowest BCUT2D eigenvalue weighted by Gasteiger charge is -2.26. The Labute approximate surface area is 287 Å². The Bertz CT molecular complexity index is 3140. The second-order valence-electron chi connectivity index (χ2n) is 13.8. The normalized spacial score (nSPS) is 13.9. The van der Waals surface area contributed by atoms with Gasteiger partial charge in [-0.25, -0.2) is 0 Å². The Morgan fingerprint density at radius 2 is 1.10 bits per heavy atom. The predicted octanol–water partition coefficient (Wildman–Crippen LogP) is 13.6. The van der Waals surface area contributed by atoms with Crippen molar-refractivity contribution < 1.29 is 8.83 Å². The Balaban J connectivity index is 1.14.